The Morgan fingerprint density at radius 1 is 1.26 bits per heavy atom. The molecule has 0 aliphatic heterocycles. The minimum absolute atomic E-state index is 0.0650. The van der Waals surface area contributed by atoms with Crippen LogP contribution in [-0.4, -0.2) is 22.9 Å². The maximum Gasteiger partial charge on any atom is 0.219 e. The third-order valence-corrected chi connectivity index (χ3v) is 6.40. The second-order valence-electron chi connectivity index (χ2n) is 7.67. The molecule has 2 aliphatic carbocycles. The van der Waals surface area contributed by atoms with Crippen molar-refractivity contribution in [3.8, 4) is 11.9 Å². The Morgan fingerprint density at radius 2 is 2.00 bits per heavy atom. The number of ketones is 1. The van der Waals surface area contributed by atoms with Gasteiger partial charge in [-0.15, -0.1) is 0 Å². The van der Waals surface area contributed by atoms with Crippen molar-refractivity contribution in [3.05, 3.63) is 53.0 Å². The molecule has 5 nitrogen and oxygen atoms in total. The molecule has 1 aromatic heterocycles. The molecule has 0 N–H and O–H groups in total. The van der Waals surface area contributed by atoms with Gasteiger partial charge >= 0.3 is 0 Å². The number of Topliss-reactive ketones (excluding diaryl/α,β-unsaturated/α-hetero) is 1. The molecule has 4 rings (SSSR count). The predicted octanol–water partition coefficient (Wildman–Crippen LogP) is 3.39. The van der Waals surface area contributed by atoms with Gasteiger partial charge in [-0.3, -0.25) is 4.79 Å². The summed E-state index contributed by atoms with van der Waals surface area (Å²) < 4.78 is 5.57. The lowest BCUT2D eigenvalue weighted by molar-refractivity contribution is -0.131. The fourth-order valence-corrected chi connectivity index (χ4v) is 5.23. The zero-order chi connectivity index (χ0) is 19.2. The zero-order valence-corrected chi connectivity index (χ0v) is 15.9. The molecule has 5 heteroatoms. The topological polar surface area (TPSA) is 75.9 Å². The third-order valence-electron chi connectivity index (χ3n) is 6.40. The number of aryl methyl sites for hydroxylation is 1. The van der Waals surface area contributed by atoms with Crippen LogP contribution in [0.5, 0.6) is 5.88 Å². The quantitative estimate of drug-likeness (QED) is 0.819. The van der Waals surface area contributed by atoms with E-state index in [0.717, 1.165) is 29.7 Å². The van der Waals surface area contributed by atoms with Gasteiger partial charge in [0.1, 0.15) is 11.7 Å². The molecule has 0 bridgehead atoms. The van der Waals surface area contributed by atoms with Crippen molar-refractivity contribution in [2.24, 2.45) is 17.8 Å². The summed E-state index contributed by atoms with van der Waals surface area (Å²) in [5.74, 6) is 0.643. The molecule has 0 saturated heterocycles. The average molecular weight is 361 g/mol. The molecule has 1 unspecified atom stereocenters. The Bertz CT molecular complexity index is 935. The summed E-state index contributed by atoms with van der Waals surface area (Å²) in [6, 6.07) is 12.5. The van der Waals surface area contributed by atoms with Crippen LogP contribution in [0.3, 0.4) is 0 Å². The van der Waals surface area contributed by atoms with Gasteiger partial charge in [0.2, 0.25) is 5.88 Å². The highest BCUT2D eigenvalue weighted by molar-refractivity contribution is 5.87. The lowest BCUT2D eigenvalue weighted by Crippen LogP contribution is -2.53. The molecule has 1 aromatic carbocycles. The molecular formula is C22H23N3O2. The minimum atomic E-state index is -0.622. The number of aromatic nitrogens is 2. The highest BCUT2D eigenvalue weighted by Crippen LogP contribution is 2.56. The van der Waals surface area contributed by atoms with Gasteiger partial charge in [0.25, 0.3) is 0 Å². The van der Waals surface area contributed by atoms with Crippen molar-refractivity contribution in [1.82, 2.24) is 9.97 Å². The van der Waals surface area contributed by atoms with Crippen LogP contribution in [0.25, 0.3) is 0 Å². The molecule has 1 saturated carbocycles. The highest BCUT2D eigenvalue weighted by atomic mass is 16.5. The molecule has 0 amide bonds. The molecule has 1 heterocycles. The highest BCUT2D eigenvalue weighted by Gasteiger charge is 2.56. The number of carbonyl (C=O) groups is 1. The third kappa shape index (κ3) is 2.47. The fourth-order valence-electron chi connectivity index (χ4n) is 5.23. The molecular weight excluding hydrogens is 338 g/mol. The molecule has 2 aromatic rings. The van der Waals surface area contributed by atoms with E-state index >= 15 is 0 Å². The van der Waals surface area contributed by atoms with Crippen LogP contribution in [0.2, 0.25) is 0 Å². The van der Waals surface area contributed by atoms with E-state index in [1.807, 2.05) is 32.0 Å². The number of nitriles is 1. The normalized spacial score (nSPS) is 29.4. The Morgan fingerprint density at radius 3 is 2.67 bits per heavy atom. The van der Waals surface area contributed by atoms with Crippen LogP contribution in [0.4, 0.5) is 0 Å². The summed E-state index contributed by atoms with van der Waals surface area (Å²) >= 11 is 0. The average Bonchev–Trinajstić information content (AvgIpc) is 2.70. The Balaban J connectivity index is 2.05. The second-order valence-corrected chi connectivity index (χ2v) is 7.67. The van der Waals surface area contributed by atoms with E-state index in [9.17, 15) is 10.1 Å². The molecule has 138 valence electrons. The number of benzene rings is 1. The molecule has 1 fully saturated rings. The van der Waals surface area contributed by atoms with Crippen LogP contribution in [0.1, 0.15) is 42.4 Å². The summed E-state index contributed by atoms with van der Waals surface area (Å²) in [6.07, 6.45) is 2.11. The van der Waals surface area contributed by atoms with Gasteiger partial charge in [-0.2, -0.15) is 10.2 Å². The number of hydrogen-bond acceptors (Lipinski definition) is 5. The Labute approximate surface area is 159 Å². The lowest BCUT2D eigenvalue weighted by atomic mass is 9.51. The van der Waals surface area contributed by atoms with Crippen LogP contribution in [-0.2, 0) is 16.6 Å². The number of rotatable bonds is 2. The number of carbonyl (C=O) groups excluding carboxylic acids is 1. The van der Waals surface area contributed by atoms with Gasteiger partial charge in [0, 0.05) is 16.9 Å². The van der Waals surface area contributed by atoms with Crippen molar-refractivity contribution < 1.29 is 9.53 Å². The molecule has 2 aliphatic rings. The standard InChI is InChI=1S/C22H23N3O2/c1-13-18-10-9-17-20(24-14(2)25-21(17)27-3)22(18,11-15(12-23)19(13)26)16-7-5-4-6-8-16/h4-8,13,15,18H,9-11H2,1-3H3/t13-,15?,18-,22-/m0/s1. The van der Waals surface area contributed by atoms with Crippen LogP contribution >= 0.6 is 0 Å². The SMILES string of the molecule is COc1nc(C)nc2c1CC[C@H]1[C@H](C)C(=O)C(C#N)C[C@@]21c1ccccc1. The van der Waals surface area contributed by atoms with Gasteiger partial charge in [-0.05, 0) is 37.7 Å². The Kier molecular flexibility index (Phi) is 4.22. The molecule has 0 radical (unpaired) electrons. The van der Waals surface area contributed by atoms with Crippen LogP contribution in [0.15, 0.2) is 30.3 Å². The maximum absolute atomic E-state index is 12.8. The first-order chi connectivity index (χ1) is 13.0. The van der Waals surface area contributed by atoms with Gasteiger partial charge in [0.05, 0.1) is 18.9 Å². The Hall–Kier alpha value is -2.74. The van der Waals surface area contributed by atoms with Crippen molar-refractivity contribution >= 4 is 5.78 Å². The summed E-state index contributed by atoms with van der Waals surface area (Å²) in [5, 5.41) is 9.71. The van der Waals surface area contributed by atoms with E-state index in [4.69, 9.17) is 9.72 Å². The van der Waals surface area contributed by atoms with Gasteiger partial charge < -0.3 is 4.74 Å². The monoisotopic (exact) mass is 361 g/mol. The van der Waals surface area contributed by atoms with Gasteiger partial charge in [0.15, 0.2) is 5.78 Å². The maximum atomic E-state index is 12.8. The largest absolute Gasteiger partial charge is 0.481 e. The summed E-state index contributed by atoms with van der Waals surface area (Å²) in [7, 11) is 1.63. The van der Waals surface area contributed by atoms with Crippen LogP contribution < -0.4 is 4.74 Å². The minimum Gasteiger partial charge on any atom is -0.481 e. The summed E-state index contributed by atoms with van der Waals surface area (Å²) in [5.41, 5.74) is 2.61. The molecule has 27 heavy (non-hydrogen) atoms. The first-order valence-electron chi connectivity index (χ1n) is 9.43. The van der Waals surface area contributed by atoms with Gasteiger partial charge in [-0.1, -0.05) is 37.3 Å². The summed E-state index contributed by atoms with van der Waals surface area (Å²) in [4.78, 5) is 22.2. The van der Waals surface area contributed by atoms with E-state index in [1.165, 1.54) is 0 Å². The van der Waals surface area contributed by atoms with Crippen molar-refractivity contribution in [1.29, 1.82) is 5.26 Å². The van der Waals surface area contributed by atoms with E-state index in [-0.39, 0.29) is 17.6 Å². The first kappa shape index (κ1) is 17.7. The smallest absolute Gasteiger partial charge is 0.219 e. The van der Waals surface area contributed by atoms with E-state index < -0.39 is 11.3 Å². The van der Waals surface area contributed by atoms with Crippen molar-refractivity contribution in [3.63, 3.8) is 0 Å². The molecule has 4 atom stereocenters. The number of methoxy groups -OCH3 is 1. The van der Waals surface area contributed by atoms with Crippen molar-refractivity contribution in [2.75, 3.05) is 7.11 Å². The lowest BCUT2D eigenvalue weighted by Gasteiger charge is -2.51. The second kappa shape index (κ2) is 6.45. The number of nitrogens with zero attached hydrogens (tertiary/aromatic N) is 3. The zero-order valence-electron chi connectivity index (χ0n) is 15.9. The predicted molar refractivity (Wildman–Crippen MR) is 100 cm³/mol. The van der Waals surface area contributed by atoms with E-state index in [0.29, 0.717) is 18.1 Å². The van der Waals surface area contributed by atoms with Crippen LogP contribution in [0, 0.1) is 36.0 Å². The number of fused-ring (bicyclic) bond motifs is 3. The summed E-state index contributed by atoms with van der Waals surface area (Å²) in [6.45, 7) is 3.84. The van der Waals surface area contributed by atoms with Gasteiger partial charge in [-0.25, -0.2) is 4.98 Å². The number of hydrogen-bond donors (Lipinski definition) is 0. The van der Waals surface area contributed by atoms with E-state index in [1.54, 1.807) is 7.11 Å². The van der Waals surface area contributed by atoms with Crippen molar-refractivity contribution in [2.45, 2.75) is 38.5 Å². The fraction of sp³-hybridized carbons (Fsp3) is 0.455. The number of ether oxygens (including phenoxy) is 1. The molecule has 0 spiro atoms. The van der Waals surface area contributed by atoms with E-state index in [2.05, 4.69) is 23.2 Å². The first-order valence-corrected chi connectivity index (χ1v) is 9.43.